The van der Waals surface area contributed by atoms with E-state index in [9.17, 15) is 5.21 Å². The molecule has 0 aromatic carbocycles. The maximum Gasteiger partial charge on any atom is 0.307 e. The number of nitrogen functional groups attached to an aromatic ring is 1. The number of hydrogen-bond acceptors (Lipinski definition) is 4. The van der Waals surface area contributed by atoms with Gasteiger partial charge < -0.3 is 10.9 Å². The van der Waals surface area contributed by atoms with Gasteiger partial charge in [-0.1, -0.05) is 4.98 Å². The van der Waals surface area contributed by atoms with Crippen molar-refractivity contribution in [2.75, 3.05) is 5.73 Å². The Morgan fingerprint density at radius 1 is 1.55 bits per heavy atom. The molecule has 2 aromatic heterocycles. The molecule has 0 atom stereocenters. The van der Waals surface area contributed by atoms with Crippen LogP contribution < -0.4 is 10.5 Å². The summed E-state index contributed by atoms with van der Waals surface area (Å²) in [7, 11) is 0. The van der Waals surface area contributed by atoms with Crippen molar-refractivity contribution in [3.05, 3.63) is 17.9 Å². The molecule has 0 saturated carbocycles. The van der Waals surface area contributed by atoms with Crippen LogP contribution in [0.3, 0.4) is 0 Å². The van der Waals surface area contributed by atoms with Crippen LogP contribution in [0.5, 0.6) is 0 Å². The monoisotopic (exact) mass is 151 g/mol. The van der Waals surface area contributed by atoms with Crippen LogP contribution in [0.15, 0.2) is 12.7 Å². The molecular formula is C5H5N5O. The van der Waals surface area contributed by atoms with E-state index >= 15 is 0 Å². The smallest absolute Gasteiger partial charge is 0.307 e. The van der Waals surface area contributed by atoms with Crippen LogP contribution in [-0.2, 0) is 0 Å². The van der Waals surface area contributed by atoms with Gasteiger partial charge in [-0.3, -0.25) is 4.98 Å². The lowest BCUT2D eigenvalue weighted by atomic mass is 10.5. The van der Waals surface area contributed by atoms with Crippen molar-refractivity contribution < 1.29 is 4.73 Å². The number of fused-ring (bicyclic) bond motifs is 1. The van der Waals surface area contributed by atoms with Crippen LogP contribution in [0.4, 0.5) is 5.82 Å². The fourth-order valence-corrected chi connectivity index (χ4v) is 0.879. The molecule has 0 spiro atoms. The Bertz CT molecular complexity index is 395. The summed E-state index contributed by atoms with van der Waals surface area (Å²) in [5.74, 6) is 0.282. The molecule has 2 heterocycles. The predicted octanol–water partition coefficient (Wildman–Crippen LogP) is -0.827. The van der Waals surface area contributed by atoms with Gasteiger partial charge in [0.15, 0.2) is 18.5 Å². The SMILES string of the molecule is Nc1ncnc2c1[nH]c[n+]2[O-]. The van der Waals surface area contributed by atoms with E-state index in [-0.39, 0.29) is 11.5 Å². The normalized spacial score (nSPS) is 10.5. The van der Waals surface area contributed by atoms with Gasteiger partial charge >= 0.3 is 5.65 Å². The lowest BCUT2D eigenvalue weighted by Gasteiger charge is -1.94. The third-order valence-corrected chi connectivity index (χ3v) is 1.39. The fourth-order valence-electron chi connectivity index (χ4n) is 0.879. The van der Waals surface area contributed by atoms with E-state index in [1.54, 1.807) is 0 Å². The van der Waals surface area contributed by atoms with E-state index in [0.29, 0.717) is 10.2 Å². The molecule has 6 heteroatoms. The van der Waals surface area contributed by atoms with Gasteiger partial charge in [0.2, 0.25) is 5.52 Å². The minimum absolute atomic E-state index is 0.262. The number of aromatic amines is 1. The van der Waals surface area contributed by atoms with E-state index in [0.717, 1.165) is 0 Å². The lowest BCUT2D eigenvalue weighted by molar-refractivity contribution is -0.578. The second kappa shape index (κ2) is 1.82. The maximum atomic E-state index is 10.9. The Morgan fingerprint density at radius 2 is 2.36 bits per heavy atom. The molecule has 0 aliphatic carbocycles. The molecule has 56 valence electrons. The third-order valence-electron chi connectivity index (χ3n) is 1.39. The largest absolute Gasteiger partial charge is 0.740 e. The van der Waals surface area contributed by atoms with Crippen LogP contribution in [-0.4, -0.2) is 15.0 Å². The van der Waals surface area contributed by atoms with Crippen molar-refractivity contribution in [2.45, 2.75) is 0 Å². The summed E-state index contributed by atoms with van der Waals surface area (Å²) in [6, 6.07) is 0. The van der Waals surface area contributed by atoms with Crippen LogP contribution in [0.2, 0.25) is 0 Å². The van der Waals surface area contributed by atoms with Gasteiger partial charge in [-0.25, -0.2) is 4.73 Å². The molecule has 11 heavy (non-hydrogen) atoms. The number of rotatable bonds is 0. The standard InChI is InChI=1S/C5H5N5O/c6-4-3-5(8-1-7-4)10(11)2-9-3/h1-2,9H,(H2,6,7,8). The van der Waals surface area contributed by atoms with Crippen LogP contribution in [0.1, 0.15) is 0 Å². The molecule has 0 amide bonds. The van der Waals surface area contributed by atoms with Crippen LogP contribution in [0, 0.1) is 5.21 Å². The molecule has 3 N–H and O–H groups in total. The summed E-state index contributed by atoms with van der Waals surface area (Å²) in [6.45, 7) is 0. The van der Waals surface area contributed by atoms with E-state index in [1.165, 1.54) is 12.7 Å². The Balaban J connectivity index is 2.94. The molecule has 0 bridgehead atoms. The second-order valence-corrected chi connectivity index (χ2v) is 2.06. The Kier molecular flexibility index (Phi) is 0.974. The fraction of sp³-hybridized carbons (Fsp3) is 0. The number of aromatic nitrogens is 4. The number of nitrogens with one attached hydrogen (secondary N) is 1. The molecule has 0 aliphatic rings. The highest BCUT2D eigenvalue weighted by atomic mass is 16.5. The minimum Gasteiger partial charge on any atom is -0.740 e. The quantitative estimate of drug-likeness (QED) is 0.379. The van der Waals surface area contributed by atoms with Gasteiger partial charge in [0.05, 0.1) is 0 Å². The highest BCUT2D eigenvalue weighted by Crippen LogP contribution is 2.07. The van der Waals surface area contributed by atoms with Gasteiger partial charge in [0.1, 0.15) is 0 Å². The molecule has 0 aliphatic heterocycles. The summed E-state index contributed by atoms with van der Waals surface area (Å²) in [6.07, 6.45) is 2.48. The van der Waals surface area contributed by atoms with E-state index in [1.807, 2.05) is 0 Å². The van der Waals surface area contributed by atoms with Gasteiger partial charge in [-0.15, -0.1) is 0 Å². The van der Waals surface area contributed by atoms with Gasteiger partial charge in [-0.05, 0) is 0 Å². The van der Waals surface area contributed by atoms with E-state index < -0.39 is 0 Å². The van der Waals surface area contributed by atoms with Crippen LogP contribution >= 0.6 is 0 Å². The average Bonchev–Trinajstić information content (AvgIpc) is 2.35. The van der Waals surface area contributed by atoms with E-state index in [4.69, 9.17) is 5.73 Å². The highest BCUT2D eigenvalue weighted by Gasteiger charge is 2.08. The zero-order valence-electron chi connectivity index (χ0n) is 5.48. The average molecular weight is 151 g/mol. The molecule has 0 fully saturated rings. The Labute approximate surface area is 61.3 Å². The number of nitrogens with two attached hydrogens (primary N) is 1. The minimum atomic E-state index is 0.262. The van der Waals surface area contributed by atoms with Crippen molar-refractivity contribution in [3.63, 3.8) is 0 Å². The van der Waals surface area contributed by atoms with Crippen molar-refractivity contribution in [1.29, 1.82) is 0 Å². The molecule has 0 radical (unpaired) electrons. The number of hydrogen-bond donors (Lipinski definition) is 2. The van der Waals surface area contributed by atoms with Crippen molar-refractivity contribution in [2.24, 2.45) is 0 Å². The summed E-state index contributed by atoms with van der Waals surface area (Å²) in [4.78, 5) is 10.1. The molecule has 2 rings (SSSR count). The number of H-pyrrole nitrogens is 1. The topological polar surface area (TPSA) is 94.5 Å². The first-order valence-electron chi connectivity index (χ1n) is 2.96. The highest BCUT2D eigenvalue weighted by molar-refractivity contribution is 5.77. The Hall–Kier alpha value is -1.85. The first-order valence-corrected chi connectivity index (χ1v) is 2.96. The first kappa shape index (κ1) is 5.90. The predicted molar refractivity (Wildman–Crippen MR) is 37.3 cm³/mol. The summed E-state index contributed by atoms with van der Waals surface area (Å²) >= 11 is 0. The van der Waals surface area contributed by atoms with Gasteiger partial charge in [0.25, 0.3) is 0 Å². The number of anilines is 1. The second-order valence-electron chi connectivity index (χ2n) is 2.06. The molecule has 0 saturated heterocycles. The lowest BCUT2D eigenvalue weighted by Crippen LogP contribution is -2.23. The van der Waals surface area contributed by atoms with Gasteiger partial charge in [0, 0.05) is 0 Å². The zero-order chi connectivity index (χ0) is 7.84. The van der Waals surface area contributed by atoms with Crippen molar-refractivity contribution in [1.82, 2.24) is 15.0 Å². The zero-order valence-corrected chi connectivity index (χ0v) is 5.48. The van der Waals surface area contributed by atoms with Crippen molar-refractivity contribution >= 4 is 17.0 Å². The molecule has 0 unspecified atom stereocenters. The van der Waals surface area contributed by atoms with Crippen LogP contribution in [0.25, 0.3) is 11.2 Å². The van der Waals surface area contributed by atoms with Crippen molar-refractivity contribution in [3.8, 4) is 0 Å². The van der Waals surface area contributed by atoms with E-state index in [2.05, 4.69) is 15.0 Å². The number of nitrogens with zero attached hydrogens (tertiary/aromatic N) is 3. The Morgan fingerprint density at radius 3 is 3.09 bits per heavy atom. The third kappa shape index (κ3) is 0.689. The summed E-state index contributed by atoms with van der Waals surface area (Å²) < 4.78 is 0.605. The summed E-state index contributed by atoms with van der Waals surface area (Å²) in [5.41, 5.74) is 6.17. The molecular weight excluding hydrogens is 146 g/mol. The number of imidazole rings is 1. The molecule has 6 nitrogen and oxygen atoms in total. The maximum absolute atomic E-state index is 10.9. The summed E-state index contributed by atoms with van der Waals surface area (Å²) in [5, 5.41) is 10.9. The molecule has 2 aromatic rings. The van der Waals surface area contributed by atoms with Gasteiger partial charge in [-0.2, -0.15) is 4.98 Å². The first-order chi connectivity index (χ1) is 5.29.